The molecule has 0 N–H and O–H groups in total. The normalized spacial score (nSPS) is 15.8. The van der Waals surface area contributed by atoms with Gasteiger partial charge >= 0.3 is 0 Å². The van der Waals surface area contributed by atoms with Gasteiger partial charge in [0, 0.05) is 29.1 Å². The van der Waals surface area contributed by atoms with Crippen molar-refractivity contribution < 1.29 is 9.47 Å². The average Bonchev–Trinajstić information content (AvgIpc) is 3.33. The van der Waals surface area contributed by atoms with Gasteiger partial charge in [0.2, 0.25) is 0 Å². The smallest absolute Gasteiger partial charge is 0.141 e. The molecule has 2 heterocycles. The number of fused-ring (bicyclic) bond motifs is 3. The molecule has 3 aromatic rings. The van der Waals surface area contributed by atoms with Crippen molar-refractivity contribution in [2.75, 3.05) is 19.1 Å². The number of benzene rings is 1. The molecule has 5 rings (SSSR count). The average molecular weight is 382 g/mol. The van der Waals surface area contributed by atoms with Crippen LogP contribution in [0.1, 0.15) is 35.3 Å². The van der Waals surface area contributed by atoms with Gasteiger partial charge in [-0.15, -0.1) is 11.3 Å². The van der Waals surface area contributed by atoms with Crippen LogP contribution in [-0.4, -0.2) is 30.2 Å². The van der Waals surface area contributed by atoms with Gasteiger partial charge in [-0.05, 0) is 49.8 Å². The van der Waals surface area contributed by atoms with E-state index in [9.17, 15) is 0 Å². The zero-order chi connectivity index (χ0) is 18.4. The molecule has 1 fully saturated rings. The van der Waals surface area contributed by atoms with Gasteiger partial charge in [-0.2, -0.15) is 0 Å². The summed E-state index contributed by atoms with van der Waals surface area (Å²) in [6.07, 6.45) is 7.75. The predicted molar refractivity (Wildman–Crippen MR) is 108 cm³/mol. The van der Waals surface area contributed by atoms with Crippen molar-refractivity contribution in [1.29, 1.82) is 0 Å². The maximum absolute atomic E-state index is 5.63. The SMILES string of the molecule is COc1ccc(CN(c2ncnc3sc4c(c23)CCC4)C2CC2)c(OC)c1. The second-order valence-electron chi connectivity index (χ2n) is 7.27. The molecule has 5 nitrogen and oxygen atoms in total. The van der Waals surface area contributed by atoms with Gasteiger partial charge in [-0.1, -0.05) is 0 Å². The zero-order valence-electron chi connectivity index (χ0n) is 15.7. The highest BCUT2D eigenvalue weighted by atomic mass is 32.1. The fraction of sp³-hybridized carbons (Fsp3) is 0.429. The summed E-state index contributed by atoms with van der Waals surface area (Å²) in [4.78, 5) is 14.4. The van der Waals surface area contributed by atoms with Crippen molar-refractivity contribution in [1.82, 2.24) is 9.97 Å². The largest absolute Gasteiger partial charge is 0.497 e. The number of aryl methyl sites for hydroxylation is 2. The van der Waals surface area contributed by atoms with Crippen molar-refractivity contribution in [3.05, 3.63) is 40.5 Å². The lowest BCUT2D eigenvalue weighted by molar-refractivity contribution is 0.390. The maximum Gasteiger partial charge on any atom is 0.141 e. The molecular weight excluding hydrogens is 358 g/mol. The number of anilines is 1. The van der Waals surface area contributed by atoms with Gasteiger partial charge in [-0.3, -0.25) is 0 Å². The first-order valence-corrected chi connectivity index (χ1v) is 10.3. The molecule has 0 bridgehead atoms. The topological polar surface area (TPSA) is 47.5 Å². The highest BCUT2D eigenvalue weighted by Crippen LogP contribution is 2.43. The van der Waals surface area contributed by atoms with E-state index in [1.807, 2.05) is 23.5 Å². The van der Waals surface area contributed by atoms with E-state index >= 15 is 0 Å². The number of thiophene rings is 1. The highest BCUT2D eigenvalue weighted by molar-refractivity contribution is 7.19. The minimum atomic E-state index is 0.548. The summed E-state index contributed by atoms with van der Waals surface area (Å²) in [5, 5.41) is 1.29. The quantitative estimate of drug-likeness (QED) is 0.635. The summed E-state index contributed by atoms with van der Waals surface area (Å²) >= 11 is 1.85. The van der Waals surface area contributed by atoms with E-state index in [1.165, 1.54) is 41.5 Å². The first kappa shape index (κ1) is 16.8. The zero-order valence-corrected chi connectivity index (χ0v) is 16.5. The second-order valence-corrected chi connectivity index (χ2v) is 8.36. The Bertz CT molecular complexity index is 997. The number of ether oxygens (including phenoxy) is 2. The fourth-order valence-electron chi connectivity index (χ4n) is 4.06. The Morgan fingerprint density at radius 2 is 2.04 bits per heavy atom. The van der Waals surface area contributed by atoms with E-state index in [4.69, 9.17) is 14.5 Å². The van der Waals surface area contributed by atoms with Crippen LogP contribution in [0.2, 0.25) is 0 Å². The van der Waals surface area contributed by atoms with Crippen LogP contribution in [0, 0.1) is 0 Å². The summed E-state index contributed by atoms with van der Waals surface area (Å²) < 4.78 is 11.0. The predicted octanol–water partition coefficient (Wildman–Crippen LogP) is 4.37. The lowest BCUT2D eigenvalue weighted by atomic mass is 10.1. The molecule has 0 spiro atoms. The summed E-state index contributed by atoms with van der Waals surface area (Å²) in [5.74, 6) is 2.77. The molecule has 0 saturated heterocycles. The third kappa shape index (κ3) is 2.92. The lowest BCUT2D eigenvalue weighted by Crippen LogP contribution is -2.26. The summed E-state index contributed by atoms with van der Waals surface area (Å²) in [5.41, 5.74) is 2.64. The van der Waals surface area contributed by atoms with Crippen LogP contribution >= 0.6 is 11.3 Å². The van der Waals surface area contributed by atoms with Gasteiger partial charge in [-0.25, -0.2) is 9.97 Å². The molecule has 0 atom stereocenters. The fourth-order valence-corrected chi connectivity index (χ4v) is 5.28. The lowest BCUT2D eigenvalue weighted by Gasteiger charge is -2.25. The molecule has 2 aliphatic carbocycles. The molecule has 0 aliphatic heterocycles. The van der Waals surface area contributed by atoms with Crippen molar-refractivity contribution in [2.45, 2.75) is 44.7 Å². The summed E-state index contributed by atoms with van der Waals surface area (Å²) in [6, 6.07) is 6.61. The first-order chi connectivity index (χ1) is 13.3. The third-order valence-corrected chi connectivity index (χ3v) is 6.78. The Morgan fingerprint density at radius 3 is 2.81 bits per heavy atom. The van der Waals surface area contributed by atoms with Crippen LogP contribution in [0.3, 0.4) is 0 Å². The Kier molecular flexibility index (Phi) is 4.16. The second kappa shape index (κ2) is 6.68. The minimum Gasteiger partial charge on any atom is -0.497 e. The number of rotatable bonds is 6. The van der Waals surface area contributed by atoms with E-state index < -0.39 is 0 Å². The van der Waals surface area contributed by atoms with Crippen LogP contribution in [0.5, 0.6) is 11.5 Å². The first-order valence-electron chi connectivity index (χ1n) is 9.51. The molecule has 6 heteroatoms. The number of hydrogen-bond donors (Lipinski definition) is 0. The summed E-state index contributed by atoms with van der Waals surface area (Å²) in [7, 11) is 3.40. The van der Waals surface area contributed by atoms with E-state index in [0.29, 0.717) is 6.04 Å². The molecule has 0 unspecified atom stereocenters. The van der Waals surface area contributed by atoms with Gasteiger partial charge in [0.05, 0.1) is 19.6 Å². The number of methoxy groups -OCH3 is 2. The molecule has 0 radical (unpaired) electrons. The molecule has 140 valence electrons. The Morgan fingerprint density at radius 1 is 1.15 bits per heavy atom. The van der Waals surface area contributed by atoms with Crippen LogP contribution < -0.4 is 14.4 Å². The molecule has 1 saturated carbocycles. The van der Waals surface area contributed by atoms with Crippen molar-refractivity contribution in [3.8, 4) is 11.5 Å². The number of aromatic nitrogens is 2. The Hall–Kier alpha value is -2.34. The molecule has 2 aliphatic rings. The van der Waals surface area contributed by atoms with Gasteiger partial charge in [0.1, 0.15) is 28.5 Å². The Balaban J connectivity index is 1.57. The molecule has 2 aromatic heterocycles. The Labute approximate surface area is 163 Å². The van der Waals surface area contributed by atoms with Crippen molar-refractivity contribution in [3.63, 3.8) is 0 Å². The van der Waals surface area contributed by atoms with E-state index in [-0.39, 0.29) is 0 Å². The monoisotopic (exact) mass is 381 g/mol. The number of nitrogens with zero attached hydrogens (tertiary/aromatic N) is 3. The number of hydrogen-bond acceptors (Lipinski definition) is 6. The van der Waals surface area contributed by atoms with Crippen molar-refractivity contribution >= 4 is 27.4 Å². The maximum atomic E-state index is 5.63. The van der Waals surface area contributed by atoms with Gasteiger partial charge in [0.15, 0.2) is 0 Å². The van der Waals surface area contributed by atoms with E-state index in [0.717, 1.165) is 40.7 Å². The van der Waals surface area contributed by atoms with E-state index in [1.54, 1.807) is 20.5 Å². The van der Waals surface area contributed by atoms with Crippen LogP contribution in [0.15, 0.2) is 24.5 Å². The highest BCUT2D eigenvalue weighted by Gasteiger charge is 2.33. The molecule has 27 heavy (non-hydrogen) atoms. The van der Waals surface area contributed by atoms with Crippen LogP contribution in [0.25, 0.3) is 10.2 Å². The molecular formula is C21H23N3O2S. The molecule has 1 aromatic carbocycles. The van der Waals surface area contributed by atoms with Crippen LogP contribution in [0.4, 0.5) is 5.82 Å². The molecule has 0 amide bonds. The summed E-state index contributed by atoms with van der Waals surface area (Å²) in [6.45, 7) is 0.786. The van der Waals surface area contributed by atoms with Crippen LogP contribution in [-0.2, 0) is 19.4 Å². The third-order valence-electron chi connectivity index (χ3n) is 5.58. The standard InChI is InChI=1S/C21H23N3O2S/c1-25-15-9-6-13(17(10-15)26-2)11-24(14-7-8-14)20-19-16-4-3-5-18(16)27-21(19)23-12-22-20/h6,9-10,12,14H,3-5,7-8,11H2,1-2H3. The van der Waals surface area contributed by atoms with E-state index in [2.05, 4.69) is 16.0 Å². The van der Waals surface area contributed by atoms with Crippen molar-refractivity contribution in [2.24, 2.45) is 0 Å². The van der Waals surface area contributed by atoms with Gasteiger partial charge in [0.25, 0.3) is 0 Å². The minimum absolute atomic E-state index is 0.548. The van der Waals surface area contributed by atoms with Gasteiger partial charge < -0.3 is 14.4 Å².